The Hall–Kier alpha value is -0.710. The summed E-state index contributed by atoms with van der Waals surface area (Å²) in [6.45, 7) is 6.28. The molecular formula is C18H32N2O2S. The fourth-order valence-electron chi connectivity index (χ4n) is 4.32. The van der Waals surface area contributed by atoms with Gasteiger partial charge < -0.3 is 10.2 Å². The normalized spacial score (nSPS) is 32.1. The van der Waals surface area contributed by atoms with Crippen LogP contribution in [0.5, 0.6) is 0 Å². The van der Waals surface area contributed by atoms with Crippen molar-refractivity contribution >= 4 is 23.6 Å². The van der Waals surface area contributed by atoms with Gasteiger partial charge in [-0.2, -0.15) is 11.8 Å². The number of fused-ring (bicyclic) bond motifs is 1. The van der Waals surface area contributed by atoms with Gasteiger partial charge in [0.05, 0.1) is 5.75 Å². The van der Waals surface area contributed by atoms with Crippen molar-refractivity contribution in [3.63, 3.8) is 0 Å². The van der Waals surface area contributed by atoms with Crippen LogP contribution in [0.2, 0.25) is 0 Å². The van der Waals surface area contributed by atoms with Gasteiger partial charge in [0.2, 0.25) is 11.8 Å². The third-order valence-corrected chi connectivity index (χ3v) is 6.15. The Balaban J connectivity index is 2.15. The van der Waals surface area contributed by atoms with Crippen molar-refractivity contribution in [1.82, 2.24) is 10.2 Å². The van der Waals surface area contributed by atoms with Gasteiger partial charge in [0, 0.05) is 24.0 Å². The van der Waals surface area contributed by atoms with Crippen molar-refractivity contribution in [1.29, 1.82) is 0 Å². The van der Waals surface area contributed by atoms with Gasteiger partial charge in [-0.3, -0.25) is 9.59 Å². The molecule has 5 atom stereocenters. The van der Waals surface area contributed by atoms with Gasteiger partial charge in [-0.25, -0.2) is 0 Å². The van der Waals surface area contributed by atoms with Crippen molar-refractivity contribution < 1.29 is 9.59 Å². The average Bonchev–Trinajstić information content (AvgIpc) is 2.53. The first-order valence-electron chi connectivity index (χ1n) is 9.10. The highest BCUT2D eigenvalue weighted by molar-refractivity contribution is 7.99. The highest BCUT2D eigenvalue weighted by Gasteiger charge is 2.46. The Morgan fingerprint density at radius 1 is 1.30 bits per heavy atom. The molecule has 2 aliphatic rings. The molecule has 0 aromatic rings. The molecular weight excluding hydrogens is 308 g/mol. The van der Waals surface area contributed by atoms with Crippen molar-refractivity contribution in [2.45, 2.75) is 77.4 Å². The molecule has 1 heterocycles. The van der Waals surface area contributed by atoms with Gasteiger partial charge in [-0.1, -0.05) is 19.8 Å². The smallest absolute Gasteiger partial charge is 0.233 e. The van der Waals surface area contributed by atoms with E-state index in [1.165, 1.54) is 12.8 Å². The fourth-order valence-corrected chi connectivity index (χ4v) is 4.72. The predicted octanol–water partition coefficient (Wildman–Crippen LogP) is 3.06. The van der Waals surface area contributed by atoms with Crippen molar-refractivity contribution in [3.8, 4) is 0 Å². The molecule has 132 valence electrons. The van der Waals surface area contributed by atoms with Gasteiger partial charge in [-0.15, -0.1) is 0 Å². The second-order valence-corrected chi connectivity index (χ2v) is 8.12. The molecule has 1 aliphatic carbocycles. The van der Waals surface area contributed by atoms with Crippen LogP contribution in [0.15, 0.2) is 0 Å². The summed E-state index contributed by atoms with van der Waals surface area (Å²) in [6.07, 6.45) is 8.25. The summed E-state index contributed by atoms with van der Waals surface area (Å²) >= 11 is 1.59. The highest BCUT2D eigenvalue weighted by atomic mass is 32.2. The van der Waals surface area contributed by atoms with Crippen LogP contribution in [0.1, 0.15) is 59.3 Å². The quantitative estimate of drug-likeness (QED) is 0.837. The van der Waals surface area contributed by atoms with E-state index in [0.29, 0.717) is 11.7 Å². The van der Waals surface area contributed by atoms with Crippen LogP contribution in [-0.2, 0) is 9.59 Å². The topological polar surface area (TPSA) is 49.4 Å². The number of thioether (sulfide) groups is 1. The van der Waals surface area contributed by atoms with Crippen LogP contribution in [0.3, 0.4) is 0 Å². The van der Waals surface area contributed by atoms with Crippen molar-refractivity contribution in [2.24, 2.45) is 11.8 Å². The standard InChI is InChI=1S/C18H32N2O2S/c1-5-12(2)19-18(22)15-10-13(3)20(17(21)11-23-4)16-9-7-6-8-14(15)16/h12-16H,5-11H2,1-4H3,(H,19,22). The summed E-state index contributed by atoms with van der Waals surface area (Å²) in [5.41, 5.74) is 0. The second kappa shape index (κ2) is 8.41. The van der Waals surface area contributed by atoms with E-state index in [-0.39, 0.29) is 35.9 Å². The summed E-state index contributed by atoms with van der Waals surface area (Å²) in [7, 11) is 0. The molecule has 2 amide bonds. The molecule has 0 spiro atoms. The van der Waals surface area contributed by atoms with Crippen LogP contribution in [0, 0.1) is 11.8 Å². The molecule has 1 saturated carbocycles. The van der Waals surface area contributed by atoms with Crippen LogP contribution in [-0.4, -0.2) is 46.8 Å². The zero-order valence-corrected chi connectivity index (χ0v) is 15.8. The lowest BCUT2D eigenvalue weighted by Gasteiger charge is -2.51. The summed E-state index contributed by atoms with van der Waals surface area (Å²) in [5.74, 6) is 1.43. The largest absolute Gasteiger partial charge is 0.353 e. The molecule has 1 N–H and O–H groups in total. The van der Waals surface area contributed by atoms with Crippen LogP contribution in [0.25, 0.3) is 0 Å². The second-order valence-electron chi connectivity index (χ2n) is 7.26. The number of piperidine rings is 1. The minimum atomic E-state index is 0.0719. The SMILES string of the molecule is CCC(C)NC(=O)C1CC(C)N(C(=O)CSC)C2CCCCC12. The molecule has 4 nitrogen and oxygen atoms in total. The first kappa shape index (κ1) is 18.6. The maximum atomic E-state index is 12.8. The molecule has 0 bridgehead atoms. The van der Waals surface area contributed by atoms with E-state index in [1.807, 2.05) is 6.26 Å². The van der Waals surface area contributed by atoms with Gasteiger partial charge in [-0.05, 0) is 51.7 Å². The Labute approximate surface area is 145 Å². The predicted molar refractivity (Wildman–Crippen MR) is 96.4 cm³/mol. The number of hydrogen-bond acceptors (Lipinski definition) is 3. The molecule has 2 fully saturated rings. The monoisotopic (exact) mass is 340 g/mol. The number of rotatable bonds is 5. The lowest BCUT2D eigenvalue weighted by Crippen LogP contribution is -2.59. The maximum absolute atomic E-state index is 12.8. The molecule has 2 rings (SSSR count). The summed E-state index contributed by atoms with van der Waals surface area (Å²) in [6, 6.07) is 0.664. The highest BCUT2D eigenvalue weighted by Crippen LogP contribution is 2.41. The summed E-state index contributed by atoms with van der Waals surface area (Å²) in [5, 5.41) is 3.18. The number of likely N-dealkylation sites (tertiary alicyclic amines) is 1. The van der Waals surface area contributed by atoms with E-state index < -0.39 is 0 Å². The van der Waals surface area contributed by atoms with Gasteiger partial charge in [0.25, 0.3) is 0 Å². The Morgan fingerprint density at radius 3 is 2.65 bits per heavy atom. The number of carbonyl (C=O) groups is 2. The molecule has 0 aromatic heterocycles. The zero-order valence-electron chi connectivity index (χ0n) is 15.0. The van der Waals surface area contributed by atoms with Crippen molar-refractivity contribution in [3.05, 3.63) is 0 Å². The van der Waals surface area contributed by atoms with Gasteiger partial charge in [0.15, 0.2) is 0 Å². The fraction of sp³-hybridized carbons (Fsp3) is 0.889. The van der Waals surface area contributed by atoms with Crippen LogP contribution < -0.4 is 5.32 Å². The molecule has 1 saturated heterocycles. The van der Waals surface area contributed by atoms with Crippen molar-refractivity contribution in [2.75, 3.05) is 12.0 Å². The van der Waals surface area contributed by atoms with Gasteiger partial charge >= 0.3 is 0 Å². The van der Waals surface area contributed by atoms with E-state index in [0.717, 1.165) is 25.7 Å². The Morgan fingerprint density at radius 2 is 2.00 bits per heavy atom. The third kappa shape index (κ3) is 4.23. The number of hydrogen-bond donors (Lipinski definition) is 1. The van der Waals surface area contributed by atoms with E-state index in [4.69, 9.17) is 0 Å². The first-order chi connectivity index (χ1) is 11.0. The molecule has 5 unspecified atom stereocenters. The number of amides is 2. The number of carbonyl (C=O) groups excluding carboxylic acids is 2. The van der Waals surface area contributed by atoms with Crippen LogP contribution in [0.4, 0.5) is 0 Å². The van der Waals surface area contributed by atoms with E-state index in [9.17, 15) is 9.59 Å². The average molecular weight is 341 g/mol. The molecule has 0 aromatic carbocycles. The lowest BCUT2D eigenvalue weighted by atomic mass is 9.69. The minimum Gasteiger partial charge on any atom is -0.353 e. The van der Waals surface area contributed by atoms with E-state index >= 15 is 0 Å². The summed E-state index contributed by atoms with van der Waals surface area (Å²) < 4.78 is 0. The number of nitrogens with one attached hydrogen (secondary N) is 1. The number of nitrogens with zero attached hydrogens (tertiary/aromatic N) is 1. The zero-order chi connectivity index (χ0) is 17.0. The summed E-state index contributed by atoms with van der Waals surface area (Å²) in [4.78, 5) is 27.4. The third-order valence-electron chi connectivity index (χ3n) is 5.62. The van der Waals surface area contributed by atoms with E-state index in [2.05, 4.69) is 31.0 Å². The minimum absolute atomic E-state index is 0.0719. The molecule has 0 radical (unpaired) electrons. The lowest BCUT2D eigenvalue weighted by molar-refractivity contribution is -0.147. The Bertz CT molecular complexity index is 429. The molecule has 1 aliphatic heterocycles. The van der Waals surface area contributed by atoms with Crippen LogP contribution >= 0.6 is 11.8 Å². The first-order valence-corrected chi connectivity index (χ1v) is 10.5. The van der Waals surface area contributed by atoms with Gasteiger partial charge in [0.1, 0.15) is 0 Å². The molecule has 5 heteroatoms. The molecule has 23 heavy (non-hydrogen) atoms. The Kier molecular flexibility index (Phi) is 6.81. The van der Waals surface area contributed by atoms with E-state index in [1.54, 1.807) is 11.8 Å². The maximum Gasteiger partial charge on any atom is 0.233 e.